The molecule has 3 rings (SSSR count). The van der Waals surface area contributed by atoms with E-state index in [-0.39, 0.29) is 37.9 Å². The maximum Gasteiger partial charge on any atom is 0.246 e. The molecule has 1 fully saturated rings. The Morgan fingerprint density at radius 2 is 1.50 bits per heavy atom. The number of rotatable bonds is 4. The van der Waals surface area contributed by atoms with Gasteiger partial charge in [0, 0.05) is 32.3 Å². The van der Waals surface area contributed by atoms with Gasteiger partial charge in [-0.1, -0.05) is 12.1 Å². The summed E-state index contributed by atoms with van der Waals surface area (Å²) in [6, 6.07) is 7.86. The second kappa shape index (κ2) is 8.15. The molecule has 28 heavy (non-hydrogen) atoms. The summed E-state index contributed by atoms with van der Waals surface area (Å²) in [7, 11) is -4.20. The molecule has 0 N–H and O–H groups in total. The molecule has 148 valence electrons. The molecule has 1 amide bonds. The van der Waals surface area contributed by atoms with Crippen molar-refractivity contribution >= 4 is 22.0 Å². The monoisotopic (exact) mass is 410 g/mol. The molecular weight excluding hydrogens is 393 g/mol. The highest BCUT2D eigenvalue weighted by Crippen LogP contribution is 2.21. The molecule has 2 aromatic carbocycles. The first-order chi connectivity index (χ1) is 13.3. The van der Waals surface area contributed by atoms with Crippen LogP contribution >= 0.6 is 0 Å². The van der Waals surface area contributed by atoms with E-state index >= 15 is 0 Å². The average Bonchev–Trinajstić information content (AvgIpc) is 2.69. The molecule has 0 aromatic heterocycles. The second-order valence-electron chi connectivity index (χ2n) is 6.19. The highest BCUT2D eigenvalue weighted by atomic mass is 32.2. The van der Waals surface area contributed by atoms with Crippen molar-refractivity contribution < 1.29 is 26.4 Å². The zero-order valence-electron chi connectivity index (χ0n) is 14.7. The Kier molecular flexibility index (Phi) is 5.85. The van der Waals surface area contributed by atoms with Gasteiger partial charge in [0.05, 0.1) is 0 Å². The van der Waals surface area contributed by atoms with Crippen LogP contribution in [-0.2, 0) is 14.8 Å². The van der Waals surface area contributed by atoms with Crippen LogP contribution < -0.4 is 0 Å². The molecule has 9 heteroatoms. The number of carbonyl (C=O) groups is 1. The van der Waals surface area contributed by atoms with Gasteiger partial charge in [-0.3, -0.25) is 4.79 Å². The lowest BCUT2D eigenvalue weighted by Crippen LogP contribution is -2.50. The van der Waals surface area contributed by atoms with Crippen molar-refractivity contribution in [2.75, 3.05) is 26.2 Å². The quantitative estimate of drug-likeness (QED) is 0.729. The smallest absolute Gasteiger partial charge is 0.246 e. The topological polar surface area (TPSA) is 57.7 Å². The van der Waals surface area contributed by atoms with Gasteiger partial charge < -0.3 is 4.90 Å². The predicted molar refractivity (Wildman–Crippen MR) is 97.1 cm³/mol. The largest absolute Gasteiger partial charge is 0.337 e. The minimum absolute atomic E-state index is 0.0333. The van der Waals surface area contributed by atoms with Gasteiger partial charge in [-0.25, -0.2) is 21.6 Å². The van der Waals surface area contributed by atoms with Crippen LogP contribution in [0.4, 0.5) is 13.2 Å². The fraction of sp³-hybridized carbons (Fsp3) is 0.211. The summed E-state index contributed by atoms with van der Waals surface area (Å²) in [5.74, 6) is -2.57. The van der Waals surface area contributed by atoms with Gasteiger partial charge in [-0.2, -0.15) is 4.31 Å². The lowest BCUT2D eigenvalue weighted by Gasteiger charge is -2.33. The third-order valence-electron chi connectivity index (χ3n) is 4.35. The summed E-state index contributed by atoms with van der Waals surface area (Å²) in [4.78, 5) is 13.0. The van der Waals surface area contributed by atoms with Crippen molar-refractivity contribution in [2.45, 2.75) is 4.90 Å². The molecule has 0 radical (unpaired) electrons. The van der Waals surface area contributed by atoms with E-state index < -0.39 is 26.6 Å². The van der Waals surface area contributed by atoms with E-state index in [9.17, 15) is 26.4 Å². The summed E-state index contributed by atoms with van der Waals surface area (Å²) in [5.41, 5.74) is 0.651. The van der Waals surface area contributed by atoms with Gasteiger partial charge in [0.1, 0.15) is 22.3 Å². The van der Waals surface area contributed by atoms with Crippen LogP contribution in [0.25, 0.3) is 6.08 Å². The van der Waals surface area contributed by atoms with Gasteiger partial charge in [-0.05, 0) is 42.0 Å². The third-order valence-corrected chi connectivity index (χ3v) is 6.26. The Bertz CT molecular complexity index is 1000. The average molecular weight is 410 g/mol. The van der Waals surface area contributed by atoms with Crippen LogP contribution in [0.1, 0.15) is 5.56 Å². The molecule has 0 unspecified atom stereocenters. The first-order valence-electron chi connectivity index (χ1n) is 8.45. The van der Waals surface area contributed by atoms with Crippen LogP contribution in [0, 0.1) is 17.5 Å². The maximum absolute atomic E-state index is 13.8. The Hall–Kier alpha value is -2.65. The van der Waals surface area contributed by atoms with E-state index in [1.165, 1.54) is 41.3 Å². The number of sulfonamides is 1. The summed E-state index contributed by atoms with van der Waals surface area (Å²) in [6.45, 7) is 0.161. The fourth-order valence-corrected chi connectivity index (χ4v) is 4.31. The highest BCUT2D eigenvalue weighted by molar-refractivity contribution is 7.89. The fourth-order valence-electron chi connectivity index (χ4n) is 2.81. The minimum atomic E-state index is -4.20. The van der Waals surface area contributed by atoms with Gasteiger partial charge >= 0.3 is 0 Å². The third kappa shape index (κ3) is 4.42. The molecule has 1 aliphatic heterocycles. The molecule has 0 spiro atoms. The second-order valence-corrected chi connectivity index (χ2v) is 8.10. The Morgan fingerprint density at radius 1 is 0.893 bits per heavy atom. The van der Waals surface area contributed by atoms with Crippen molar-refractivity contribution in [3.8, 4) is 0 Å². The van der Waals surface area contributed by atoms with Gasteiger partial charge in [0.2, 0.25) is 15.9 Å². The molecule has 1 saturated heterocycles. The van der Waals surface area contributed by atoms with Crippen molar-refractivity contribution in [2.24, 2.45) is 0 Å². The molecule has 1 heterocycles. The van der Waals surface area contributed by atoms with E-state index in [4.69, 9.17) is 0 Å². The summed E-state index contributed by atoms with van der Waals surface area (Å²) < 4.78 is 66.2. The summed E-state index contributed by atoms with van der Waals surface area (Å²) in [5, 5.41) is 0. The zero-order chi connectivity index (χ0) is 20.3. The number of hydrogen-bond donors (Lipinski definition) is 0. The summed E-state index contributed by atoms with van der Waals surface area (Å²) in [6.07, 6.45) is 2.86. The van der Waals surface area contributed by atoms with E-state index in [0.717, 1.165) is 16.4 Å². The van der Waals surface area contributed by atoms with Crippen LogP contribution in [0.3, 0.4) is 0 Å². The van der Waals surface area contributed by atoms with E-state index in [0.29, 0.717) is 11.6 Å². The van der Waals surface area contributed by atoms with E-state index in [2.05, 4.69) is 0 Å². The molecular formula is C19H17F3N2O3S. The maximum atomic E-state index is 13.8. The highest BCUT2D eigenvalue weighted by Gasteiger charge is 2.31. The lowest BCUT2D eigenvalue weighted by atomic mass is 10.2. The van der Waals surface area contributed by atoms with Gasteiger partial charge in [0.15, 0.2) is 0 Å². The summed E-state index contributed by atoms with van der Waals surface area (Å²) >= 11 is 0. The first kappa shape index (κ1) is 20.1. The predicted octanol–water partition coefficient (Wildman–Crippen LogP) is 2.65. The number of benzene rings is 2. The van der Waals surface area contributed by atoms with Gasteiger partial charge in [0.25, 0.3) is 0 Å². The molecule has 1 aliphatic rings. The molecule has 0 atom stereocenters. The number of halogens is 3. The molecule has 0 saturated carbocycles. The normalized spacial score (nSPS) is 15.9. The number of nitrogens with zero attached hydrogens (tertiary/aromatic N) is 2. The lowest BCUT2D eigenvalue weighted by molar-refractivity contribution is -0.127. The van der Waals surface area contributed by atoms with E-state index in [1.54, 1.807) is 0 Å². The van der Waals surface area contributed by atoms with Crippen LogP contribution in [0.5, 0.6) is 0 Å². The Morgan fingerprint density at radius 3 is 2.14 bits per heavy atom. The zero-order valence-corrected chi connectivity index (χ0v) is 15.5. The van der Waals surface area contributed by atoms with Crippen LogP contribution in [-0.4, -0.2) is 49.7 Å². The Labute approximate surface area is 160 Å². The van der Waals surface area contributed by atoms with Crippen molar-refractivity contribution in [3.05, 3.63) is 71.6 Å². The van der Waals surface area contributed by atoms with Crippen molar-refractivity contribution in [1.82, 2.24) is 9.21 Å². The molecule has 0 aliphatic carbocycles. The molecule has 0 bridgehead atoms. The first-order valence-corrected chi connectivity index (χ1v) is 9.89. The van der Waals surface area contributed by atoms with Crippen molar-refractivity contribution in [1.29, 1.82) is 0 Å². The van der Waals surface area contributed by atoms with Gasteiger partial charge in [-0.15, -0.1) is 0 Å². The number of hydrogen-bond acceptors (Lipinski definition) is 3. The number of piperazine rings is 1. The number of amides is 1. The van der Waals surface area contributed by atoms with Crippen LogP contribution in [0.15, 0.2) is 53.4 Å². The Balaban J connectivity index is 1.64. The molecule has 2 aromatic rings. The van der Waals surface area contributed by atoms with E-state index in [1.807, 2.05) is 0 Å². The standard InChI is InChI=1S/C19H17F3N2O3S/c20-15-4-1-14(2-5-15)3-8-19(25)23-9-11-24(12-10-23)28(26,27)18-13-16(21)6-7-17(18)22/h1-8,13H,9-12H2/b8-3+. The number of carbonyl (C=O) groups excluding carboxylic acids is 1. The van der Waals surface area contributed by atoms with Crippen molar-refractivity contribution in [3.63, 3.8) is 0 Å². The van der Waals surface area contributed by atoms with Crippen LogP contribution in [0.2, 0.25) is 0 Å². The SMILES string of the molecule is O=C(/C=C/c1ccc(F)cc1)N1CCN(S(=O)(=O)c2cc(F)ccc2F)CC1. The molecule has 5 nitrogen and oxygen atoms in total. The minimum Gasteiger partial charge on any atom is -0.337 e.